The van der Waals surface area contributed by atoms with E-state index >= 15 is 0 Å². The van der Waals surface area contributed by atoms with Gasteiger partial charge in [0.25, 0.3) is 0 Å². The molecule has 1 aliphatic rings. The molecule has 1 saturated heterocycles. The largest absolute Gasteiger partial charge is 0.445 e. The second kappa shape index (κ2) is 8.62. The van der Waals surface area contributed by atoms with Gasteiger partial charge in [0.1, 0.15) is 18.2 Å². The first-order chi connectivity index (χ1) is 14.5. The number of nitrogens with one attached hydrogen (secondary N) is 1. The lowest BCUT2D eigenvalue weighted by atomic mass is 10.1. The number of thioether (sulfide) groups is 1. The van der Waals surface area contributed by atoms with Crippen LogP contribution in [0.1, 0.15) is 11.1 Å². The van der Waals surface area contributed by atoms with Gasteiger partial charge in [0.15, 0.2) is 0 Å². The molecule has 1 fully saturated rings. The lowest BCUT2D eigenvalue weighted by Crippen LogP contribution is -2.44. The fraction of sp³-hybridized carbons (Fsp3) is 0.227. The number of hydrogen-bond donors (Lipinski definition) is 1. The molecular weight excluding hydrogens is 404 g/mol. The van der Waals surface area contributed by atoms with Gasteiger partial charge in [-0.15, -0.1) is 11.8 Å². The van der Waals surface area contributed by atoms with Crippen molar-refractivity contribution in [2.75, 3.05) is 16.9 Å². The number of aryl methyl sites for hydroxylation is 1. The monoisotopic (exact) mass is 424 g/mol. The van der Waals surface area contributed by atoms with Crippen molar-refractivity contribution in [3.8, 4) is 0 Å². The Morgan fingerprint density at radius 1 is 1.20 bits per heavy atom. The lowest BCUT2D eigenvalue weighted by molar-refractivity contribution is -0.119. The van der Waals surface area contributed by atoms with E-state index in [2.05, 4.69) is 5.32 Å². The van der Waals surface area contributed by atoms with Crippen molar-refractivity contribution in [1.29, 1.82) is 0 Å². The molecule has 154 valence electrons. The van der Waals surface area contributed by atoms with Crippen LogP contribution in [0.15, 0.2) is 63.8 Å². The molecule has 4 rings (SSSR count). The van der Waals surface area contributed by atoms with Crippen molar-refractivity contribution < 1.29 is 18.7 Å². The number of ether oxygens (including phenoxy) is 1. The van der Waals surface area contributed by atoms with E-state index in [1.165, 1.54) is 22.7 Å². The maximum absolute atomic E-state index is 12.8. The maximum atomic E-state index is 12.8. The smallest absolute Gasteiger partial charge is 0.411 e. The van der Waals surface area contributed by atoms with Crippen molar-refractivity contribution in [3.05, 3.63) is 76.1 Å². The zero-order chi connectivity index (χ0) is 21.1. The molecule has 7 nitrogen and oxygen atoms in total. The number of amides is 2. The van der Waals surface area contributed by atoms with Gasteiger partial charge in [-0.1, -0.05) is 30.3 Å². The maximum Gasteiger partial charge on any atom is 0.411 e. The molecule has 0 unspecified atom stereocenters. The highest BCUT2D eigenvalue weighted by Gasteiger charge is 2.35. The van der Waals surface area contributed by atoms with Gasteiger partial charge < -0.3 is 14.5 Å². The molecule has 1 N–H and O–H groups in total. The van der Waals surface area contributed by atoms with Crippen LogP contribution in [0.3, 0.4) is 0 Å². The van der Waals surface area contributed by atoms with E-state index in [0.29, 0.717) is 22.9 Å². The van der Waals surface area contributed by atoms with Crippen molar-refractivity contribution in [3.63, 3.8) is 0 Å². The van der Waals surface area contributed by atoms with E-state index in [9.17, 15) is 14.4 Å². The van der Waals surface area contributed by atoms with Gasteiger partial charge in [-0.25, -0.2) is 9.59 Å². The molecule has 0 saturated carbocycles. The number of carbonyl (C=O) groups excluding carboxylic acids is 2. The molecule has 0 bridgehead atoms. The molecule has 2 aromatic carbocycles. The number of hydrogen-bond acceptors (Lipinski definition) is 6. The summed E-state index contributed by atoms with van der Waals surface area (Å²) < 4.78 is 10.6. The predicted molar refractivity (Wildman–Crippen MR) is 115 cm³/mol. The summed E-state index contributed by atoms with van der Waals surface area (Å²) in [7, 11) is 0. The van der Waals surface area contributed by atoms with Crippen LogP contribution in [0.5, 0.6) is 0 Å². The first kappa shape index (κ1) is 20.0. The first-order valence-corrected chi connectivity index (χ1v) is 10.6. The van der Waals surface area contributed by atoms with Crippen molar-refractivity contribution in [2.24, 2.45) is 0 Å². The second-order valence-corrected chi connectivity index (χ2v) is 7.97. The molecule has 1 atom stereocenters. The van der Waals surface area contributed by atoms with E-state index in [0.717, 1.165) is 16.5 Å². The third kappa shape index (κ3) is 4.33. The number of benzene rings is 2. The number of rotatable bonds is 4. The van der Waals surface area contributed by atoms with Crippen molar-refractivity contribution in [1.82, 2.24) is 4.90 Å². The molecule has 1 aromatic heterocycles. The fourth-order valence-electron chi connectivity index (χ4n) is 3.27. The standard InChI is InChI=1S/C22H20N2O5S/c1-14-9-20(25)29-19-10-16(7-8-17(14)19)23-21(26)18-12-30-13-24(18)22(27)28-11-15-5-3-2-4-6-15/h2-10,18H,11-13H2,1H3,(H,23,26)/t18-/m0/s1. The van der Waals surface area contributed by atoms with E-state index in [1.54, 1.807) is 18.2 Å². The molecule has 0 aliphatic carbocycles. The molecular formula is C22H20N2O5S. The molecule has 0 radical (unpaired) electrons. The summed E-state index contributed by atoms with van der Waals surface area (Å²) in [5, 5.41) is 3.61. The predicted octanol–water partition coefficient (Wildman–Crippen LogP) is 3.75. The molecule has 2 amide bonds. The van der Waals surface area contributed by atoms with Gasteiger partial charge in [-0.2, -0.15) is 0 Å². The van der Waals surface area contributed by atoms with E-state index in [-0.39, 0.29) is 12.5 Å². The quantitative estimate of drug-likeness (QED) is 0.642. The highest BCUT2D eigenvalue weighted by Crippen LogP contribution is 2.25. The molecule has 30 heavy (non-hydrogen) atoms. The lowest BCUT2D eigenvalue weighted by Gasteiger charge is -2.22. The third-order valence-electron chi connectivity index (χ3n) is 4.84. The van der Waals surface area contributed by atoms with Crippen molar-refractivity contribution in [2.45, 2.75) is 19.6 Å². The Morgan fingerprint density at radius 2 is 2.00 bits per heavy atom. The van der Waals surface area contributed by atoms with Crippen LogP contribution in [0.25, 0.3) is 11.0 Å². The van der Waals surface area contributed by atoms with Crippen molar-refractivity contribution >= 4 is 40.4 Å². The minimum absolute atomic E-state index is 0.151. The van der Waals surface area contributed by atoms with Crippen LogP contribution in [-0.2, 0) is 16.1 Å². The summed E-state index contributed by atoms with van der Waals surface area (Å²) in [5.41, 5.74) is 2.14. The Balaban J connectivity index is 1.44. The number of fused-ring (bicyclic) bond motifs is 1. The van der Waals surface area contributed by atoms with Gasteiger partial charge in [-0.05, 0) is 30.2 Å². The minimum Gasteiger partial charge on any atom is -0.445 e. The summed E-state index contributed by atoms with van der Waals surface area (Å²) in [5.74, 6) is 0.553. The van der Waals surface area contributed by atoms with E-state index in [4.69, 9.17) is 9.15 Å². The highest BCUT2D eigenvalue weighted by molar-refractivity contribution is 7.99. The zero-order valence-corrected chi connectivity index (χ0v) is 17.1. The topological polar surface area (TPSA) is 88.9 Å². The zero-order valence-electron chi connectivity index (χ0n) is 16.3. The van der Waals surface area contributed by atoms with Gasteiger partial charge in [-0.3, -0.25) is 9.69 Å². The normalized spacial score (nSPS) is 15.9. The highest BCUT2D eigenvalue weighted by atomic mass is 32.2. The Morgan fingerprint density at radius 3 is 2.80 bits per heavy atom. The average molecular weight is 424 g/mol. The van der Waals surface area contributed by atoms with Crippen LogP contribution < -0.4 is 10.9 Å². The SMILES string of the molecule is Cc1cc(=O)oc2cc(NC(=O)[C@@H]3CSCN3C(=O)OCc3ccccc3)ccc12. The Bertz CT molecular complexity index is 1150. The molecule has 0 spiro atoms. The van der Waals surface area contributed by atoms with Crippen LogP contribution in [0.4, 0.5) is 10.5 Å². The summed E-state index contributed by atoms with van der Waals surface area (Å²) in [6.07, 6.45) is -0.524. The summed E-state index contributed by atoms with van der Waals surface area (Å²) >= 11 is 1.49. The molecule has 8 heteroatoms. The van der Waals surface area contributed by atoms with Crippen LogP contribution in [0, 0.1) is 6.92 Å². The number of nitrogens with zero attached hydrogens (tertiary/aromatic N) is 1. The molecule has 1 aliphatic heterocycles. The van der Waals surface area contributed by atoms with Gasteiger partial charge >= 0.3 is 11.7 Å². The summed E-state index contributed by atoms with van der Waals surface area (Å²) in [6, 6.07) is 15.3. The second-order valence-electron chi connectivity index (χ2n) is 6.97. The third-order valence-corrected chi connectivity index (χ3v) is 5.86. The Kier molecular flexibility index (Phi) is 5.76. The number of anilines is 1. The van der Waals surface area contributed by atoms with E-state index in [1.807, 2.05) is 37.3 Å². The molecule has 2 heterocycles. The van der Waals surface area contributed by atoms with Crippen LogP contribution in [0.2, 0.25) is 0 Å². The van der Waals surface area contributed by atoms with E-state index < -0.39 is 17.8 Å². The molecule has 3 aromatic rings. The van der Waals surface area contributed by atoms with Crippen LogP contribution >= 0.6 is 11.8 Å². The Hall–Kier alpha value is -3.26. The number of carbonyl (C=O) groups is 2. The average Bonchev–Trinajstić information content (AvgIpc) is 3.22. The van der Waals surface area contributed by atoms with Gasteiger partial charge in [0.05, 0.1) is 5.88 Å². The fourth-order valence-corrected chi connectivity index (χ4v) is 4.41. The van der Waals surface area contributed by atoms with Gasteiger partial charge in [0, 0.05) is 29.0 Å². The van der Waals surface area contributed by atoms with Gasteiger partial charge in [0.2, 0.25) is 5.91 Å². The van der Waals surface area contributed by atoms with Crippen LogP contribution in [-0.4, -0.2) is 34.6 Å². The Labute approximate surface area is 177 Å². The minimum atomic E-state index is -0.640. The summed E-state index contributed by atoms with van der Waals surface area (Å²) in [4.78, 5) is 38.3. The summed E-state index contributed by atoms with van der Waals surface area (Å²) in [6.45, 7) is 1.98. The first-order valence-electron chi connectivity index (χ1n) is 9.42.